The Hall–Kier alpha value is -1.75. The van der Waals surface area contributed by atoms with Gasteiger partial charge in [-0.15, -0.1) is 0 Å². The molecule has 0 spiro atoms. The fourth-order valence-electron chi connectivity index (χ4n) is 1.16. The van der Waals surface area contributed by atoms with Gasteiger partial charge in [-0.2, -0.15) is 0 Å². The molecule has 5 heteroatoms. The van der Waals surface area contributed by atoms with Gasteiger partial charge < -0.3 is 20.7 Å². The fourth-order valence-corrected chi connectivity index (χ4v) is 1.16. The molecule has 76 valence electrons. The summed E-state index contributed by atoms with van der Waals surface area (Å²) in [7, 11) is 1.38. The molecule has 0 aromatic heterocycles. The number of rotatable bonds is 3. The van der Waals surface area contributed by atoms with E-state index >= 15 is 0 Å². The van der Waals surface area contributed by atoms with Crippen LogP contribution < -0.4 is 10.5 Å². The van der Waals surface area contributed by atoms with Crippen molar-refractivity contribution in [1.29, 1.82) is 0 Å². The van der Waals surface area contributed by atoms with E-state index in [1.807, 2.05) is 0 Å². The van der Waals surface area contributed by atoms with Crippen molar-refractivity contribution in [3.8, 4) is 5.75 Å². The summed E-state index contributed by atoms with van der Waals surface area (Å²) in [5.41, 5.74) is 5.81. The maximum Gasteiger partial charge on any atom is 0.337 e. The van der Waals surface area contributed by atoms with E-state index in [2.05, 4.69) is 0 Å². The van der Waals surface area contributed by atoms with Crippen molar-refractivity contribution in [2.75, 3.05) is 12.8 Å². The Labute approximate surface area is 80.7 Å². The first-order chi connectivity index (χ1) is 6.57. The second-order valence-electron chi connectivity index (χ2n) is 2.70. The van der Waals surface area contributed by atoms with Crippen LogP contribution in [0.5, 0.6) is 5.75 Å². The van der Waals surface area contributed by atoms with Crippen LogP contribution >= 0.6 is 0 Å². The van der Waals surface area contributed by atoms with Gasteiger partial charge in [0.05, 0.1) is 12.7 Å². The van der Waals surface area contributed by atoms with E-state index in [9.17, 15) is 9.90 Å². The van der Waals surface area contributed by atoms with Gasteiger partial charge in [0.25, 0.3) is 0 Å². The van der Waals surface area contributed by atoms with Gasteiger partial charge in [0, 0.05) is 5.69 Å². The predicted octanol–water partition coefficient (Wildman–Crippen LogP) is 0.395. The van der Waals surface area contributed by atoms with Crippen LogP contribution in [0, 0.1) is 0 Å². The molecule has 1 unspecified atom stereocenters. The van der Waals surface area contributed by atoms with Gasteiger partial charge in [0.1, 0.15) is 5.75 Å². The van der Waals surface area contributed by atoms with Crippen LogP contribution in [0.25, 0.3) is 0 Å². The lowest BCUT2D eigenvalue weighted by Gasteiger charge is -2.13. The third kappa shape index (κ3) is 1.77. The van der Waals surface area contributed by atoms with E-state index in [1.165, 1.54) is 19.2 Å². The number of benzene rings is 1. The summed E-state index contributed by atoms with van der Waals surface area (Å²) >= 11 is 0. The molecule has 5 nitrogen and oxygen atoms in total. The lowest BCUT2D eigenvalue weighted by Crippen LogP contribution is -2.13. The number of hydrogen-bond acceptors (Lipinski definition) is 4. The number of aliphatic hydroxyl groups excluding tert-OH is 1. The van der Waals surface area contributed by atoms with Gasteiger partial charge in [-0.25, -0.2) is 4.79 Å². The number of carboxylic acids is 1. The number of nitrogens with two attached hydrogens (primary N) is 1. The van der Waals surface area contributed by atoms with E-state index in [-0.39, 0.29) is 17.0 Å². The maximum atomic E-state index is 10.6. The number of carbonyl (C=O) groups is 1. The van der Waals surface area contributed by atoms with Gasteiger partial charge >= 0.3 is 5.97 Å². The first-order valence-electron chi connectivity index (χ1n) is 3.91. The highest BCUT2D eigenvalue weighted by Crippen LogP contribution is 2.30. The second-order valence-corrected chi connectivity index (χ2v) is 2.70. The monoisotopic (exact) mass is 197 g/mol. The predicted molar refractivity (Wildman–Crippen MR) is 50.0 cm³/mol. The molecule has 0 amide bonds. The summed E-state index contributed by atoms with van der Waals surface area (Å²) in [6.45, 7) is 0. The third-order valence-electron chi connectivity index (χ3n) is 1.83. The van der Waals surface area contributed by atoms with E-state index in [0.717, 1.165) is 0 Å². The number of ether oxygens (including phenoxy) is 1. The molecule has 0 aliphatic carbocycles. The molecular weight excluding hydrogens is 186 g/mol. The SMILES string of the molecule is COc1cccc(N)c1C(O)C(=O)O. The average molecular weight is 197 g/mol. The summed E-state index contributed by atoms with van der Waals surface area (Å²) in [4.78, 5) is 10.6. The number of methoxy groups -OCH3 is 1. The standard InChI is InChI=1S/C9H11NO4/c1-14-6-4-2-3-5(10)7(6)8(11)9(12)13/h2-4,8,11H,10H2,1H3,(H,12,13). The third-order valence-corrected chi connectivity index (χ3v) is 1.83. The van der Waals surface area contributed by atoms with Crippen LogP contribution in [-0.4, -0.2) is 23.3 Å². The zero-order valence-electron chi connectivity index (χ0n) is 7.60. The molecule has 0 fully saturated rings. The second kappa shape index (κ2) is 3.97. The molecule has 0 saturated heterocycles. The molecule has 0 saturated carbocycles. The van der Waals surface area contributed by atoms with Crippen molar-refractivity contribution in [2.45, 2.75) is 6.10 Å². The fraction of sp³-hybridized carbons (Fsp3) is 0.222. The number of anilines is 1. The molecule has 1 aromatic carbocycles. The molecule has 4 N–H and O–H groups in total. The van der Waals surface area contributed by atoms with Crippen LogP contribution in [-0.2, 0) is 4.79 Å². The number of aliphatic carboxylic acids is 1. The minimum absolute atomic E-state index is 0.0856. The highest BCUT2D eigenvalue weighted by atomic mass is 16.5. The molecule has 1 rings (SSSR count). The summed E-state index contributed by atoms with van der Waals surface area (Å²) < 4.78 is 4.89. The van der Waals surface area contributed by atoms with Crippen LogP contribution in [0.2, 0.25) is 0 Å². The minimum Gasteiger partial charge on any atom is -0.496 e. The zero-order chi connectivity index (χ0) is 10.7. The topological polar surface area (TPSA) is 92.8 Å². The number of nitrogen functional groups attached to an aromatic ring is 1. The van der Waals surface area contributed by atoms with Crippen LogP contribution in [0.4, 0.5) is 5.69 Å². The zero-order valence-corrected chi connectivity index (χ0v) is 7.60. The molecule has 0 aliphatic rings. The number of hydrogen-bond donors (Lipinski definition) is 3. The van der Waals surface area contributed by atoms with Crippen LogP contribution in [0.3, 0.4) is 0 Å². The summed E-state index contributed by atoms with van der Waals surface area (Å²) in [6, 6.07) is 4.66. The van der Waals surface area contributed by atoms with Crippen LogP contribution in [0.15, 0.2) is 18.2 Å². The quantitative estimate of drug-likeness (QED) is 0.610. The highest BCUT2D eigenvalue weighted by molar-refractivity contribution is 5.78. The maximum absolute atomic E-state index is 10.6. The van der Waals surface area contributed by atoms with E-state index in [1.54, 1.807) is 6.07 Å². The number of carboxylic acid groups (broad SMARTS) is 1. The van der Waals surface area contributed by atoms with Crippen molar-refractivity contribution in [3.05, 3.63) is 23.8 Å². The van der Waals surface area contributed by atoms with Gasteiger partial charge in [0.2, 0.25) is 0 Å². The first kappa shape index (κ1) is 10.3. The normalized spacial score (nSPS) is 12.1. The van der Waals surface area contributed by atoms with Crippen molar-refractivity contribution >= 4 is 11.7 Å². The smallest absolute Gasteiger partial charge is 0.337 e. The first-order valence-corrected chi connectivity index (χ1v) is 3.91. The Bertz CT molecular complexity index is 351. The van der Waals surface area contributed by atoms with E-state index in [4.69, 9.17) is 15.6 Å². The Kier molecular flexibility index (Phi) is 2.93. The largest absolute Gasteiger partial charge is 0.496 e. The lowest BCUT2D eigenvalue weighted by atomic mass is 10.1. The Morgan fingerprint density at radius 1 is 1.57 bits per heavy atom. The van der Waals surface area contributed by atoms with E-state index < -0.39 is 12.1 Å². The minimum atomic E-state index is -1.66. The molecule has 0 aliphatic heterocycles. The highest BCUT2D eigenvalue weighted by Gasteiger charge is 2.22. The van der Waals surface area contributed by atoms with Crippen molar-refractivity contribution < 1.29 is 19.7 Å². The van der Waals surface area contributed by atoms with Gasteiger partial charge in [0.15, 0.2) is 6.10 Å². The molecule has 1 aromatic rings. The molecule has 0 bridgehead atoms. The number of aliphatic hydroxyl groups is 1. The molecule has 0 heterocycles. The lowest BCUT2D eigenvalue weighted by molar-refractivity contribution is -0.147. The van der Waals surface area contributed by atoms with Crippen LogP contribution in [0.1, 0.15) is 11.7 Å². The summed E-state index contributed by atoms with van der Waals surface area (Å²) in [6.07, 6.45) is -1.66. The summed E-state index contributed by atoms with van der Waals surface area (Å²) in [5.74, 6) is -1.10. The van der Waals surface area contributed by atoms with Gasteiger partial charge in [-0.3, -0.25) is 0 Å². The van der Waals surface area contributed by atoms with Crippen molar-refractivity contribution in [2.24, 2.45) is 0 Å². The van der Waals surface area contributed by atoms with Gasteiger partial charge in [-0.1, -0.05) is 6.07 Å². The van der Waals surface area contributed by atoms with Crippen molar-refractivity contribution in [3.63, 3.8) is 0 Å². The Morgan fingerprint density at radius 2 is 2.21 bits per heavy atom. The molecular formula is C9H11NO4. The Balaban J connectivity index is 3.23. The molecule has 1 atom stereocenters. The average Bonchev–Trinajstić information content (AvgIpc) is 2.16. The van der Waals surface area contributed by atoms with Crippen molar-refractivity contribution in [1.82, 2.24) is 0 Å². The van der Waals surface area contributed by atoms with E-state index in [0.29, 0.717) is 0 Å². The molecule has 0 radical (unpaired) electrons. The Morgan fingerprint density at radius 3 is 2.71 bits per heavy atom. The summed E-state index contributed by atoms with van der Waals surface area (Å²) in [5, 5.41) is 17.9. The molecule has 14 heavy (non-hydrogen) atoms. The van der Waals surface area contributed by atoms with Gasteiger partial charge in [-0.05, 0) is 12.1 Å².